The summed E-state index contributed by atoms with van der Waals surface area (Å²) in [5.74, 6) is 0. The Balaban J connectivity index is 1.80. The van der Waals surface area contributed by atoms with Crippen molar-refractivity contribution in [2.75, 3.05) is 19.7 Å². The number of nitrogens with zero attached hydrogens (tertiary/aromatic N) is 1. The molecular weight excluding hydrogens is 304 g/mol. The maximum Gasteiger partial charge on any atom is 0.317 e. The van der Waals surface area contributed by atoms with Crippen LogP contribution in [-0.2, 0) is 11.3 Å². The summed E-state index contributed by atoms with van der Waals surface area (Å²) < 4.78 is 6.48. The molecule has 94 valence electrons. The first-order chi connectivity index (χ1) is 8.15. The van der Waals surface area contributed by atoms with Crippen LogP contribution < -0.4 is 5.32 Å². The first-order valence-electron chi connectivity index (χ1n) is 5.52. The molecule has 0 saturated carbocycles. The lowest BCUT2D eigenvalue weighted by Gasteiger charge is -2.31. The second-order valence-electron chi connectivity index (χ2n) is 4.05. The van der Waals surface area contributed by atoms with E-state index in [2.05, 4.69) is 21.2 Å². The molecule has 2 amide bonds. The molecule has 1 atom stereocenters. The van der Waals surface area contributed by atoms with E-state index in [0.717, 1.165) is 9.35 Å². The van der Waals surface area contributed by atoms with Crippen LogP contribution in [0.4, 0.5) is 4.79 Å². The van der Waals surface area contributed by atoms with Gasteiger partial charge >= 0.3 is 6.03 Å². The summed E-state index contributed by atoms with van der Waals surface area (Å²) >= 11 is 5.03. The van der Waals surface area contributed by atoms with Crippen LogP contribution in [0.3, 0.4) is 0 Å². The summed E-state index contributed by atoms with van der Waals surface area (Å²) in [6, 6.07) is 2.01. The summed E-state index contributed by atoms with van der Waals surface area (Å²) in [4.78, 5) is 13.7. The van der Waals surface area contributed by atoms with Gasteiger partial charge in [0.25, 0.3) is 0 Å². The van der Waals surface area contributed by atoms with Crippen molar-refractivity contribution in [3.8, 4) is 0 Å². The minimum Gasteiger partial charge on any atom is -0.375 e. The summed E-state index contributed by atoms with van der Waals surface area (Å²) in [6.07, 6.45) is 0.129. The van der Waals surface area contributed by atoms with Gasteiger partial charge in [0.15, 0.2) is 0 Å². The number of hydrogen-bond donors (Lipinski definition) is 1. The Kier molecular flexibility index (Phi) is 4.42. The maximum absolute atomic E-state index is 11.9. The Labute approximate surface area is 113 Å². The van der Waals surface area contributed by atoms with Crippen LogP contribution in [0.5, 0.6) is 0 Å². The van der Waals surface area contributed by atoms with E-state index in [1.807, 2.05) is 18.4 Å². The molecule has 2 heterocycles. The third kappa shape index (κ3) is 3.69. The molecule has 0 spiro atoms. The largest absolute Gasteiger partial charge is 0.375 e. The molecule has 0 aromatic carbocycles. The topological polar surface area (TPSA) is 41.6 Å². The van der Waals surface area contributed by atoms with Crippen molar-refractivity contribution in [2.24, 2.45) is 0 Å². The number of nitrogens with one attached hydrogen (secondary N) is 1. The summed E-state index contributed by atoms with van der Waals surface area (Å²) in [5.41, 5.74) is 1.12. The van der Waals surface area contributed by atoms with Gasteiger partial charge in [0.1, 0.15) is 0 Å². The van der Waals surface area contributed by atoms with Crippen LogP contribution >= 0.6 is 27.3 Å². The molecule has 6 heteroatoms. The molecule has 1 aromatic rings. The zero-order chi connectivity index (χ0) is 12.3. The molecule has 0 radical (unpaired) electrons. The van der Waals surface area contributed by atoms with E-state index in [1.165, 1.54) is 0 Å². The number of hydrogen-bond acceptors (Lipinski definition) is 3. The number of urea groups is 1. The normalized spacial score (nSPS) is 20.4. The third-order valence-corrected chi connectivity index (χ3v) is 4.15. The number of carbonyl (C=O) groups excluding carboxylic acids is 1. The van der Waals surface area contributed by atoms with Gasteiger partial charge in [-0.1, -0.05) is 0 Å². The smallest absolute Gasteiger partial charge is 0.317 e. The summed E-state index contributed by atoms with van der Waals surface area (Å²) in [7, 11) is 0. The van der Waals surface area contributed by atoms with E-state index in [0.29, 0.717) is 26.2 Å². The quantitative estimate of drug-likeness (QED) is 0.910. The predicted octanol–water partition coefficient (Wildman–Crippen LogP) is 2.44. The lowest BCUT2D eigenvalue weighted by atomic mass is 10.3. The zero-order valence-corrected chi connectivity index (χ0v) is 12.0. The number of carbonyl (C=O) groups is 1. The third-order valence-electron chi connectivity index (χ3n) is 2.59. The molecule has 1 aliphatic rings. The van der Waals surface area contributed by atoms with Gasteiger partial charge in [-0.15, -0.1) is 11.3 Å². The fraction of sp³-hybridized carbons (Fsp3) is 0.545. The fourth-order valence-corrected chi connectivity index (χ4v) is 2.94. The second-order valence-corrected chi connectivity index (χ2v) is 6.34. The number of halogens is 1. The molecule has 4 nitrogen and oxygen atoms in total. The molecule has 1 N–H and O–H groups in total. The molecule has 0 aliphatic carbocycles. The molecule has 1 unspecified atom stereocenters. The molecule has 2 rings (SSSR count). The van der Waals surface area contributed by atoms with Crippen LogP contribution in [0, 0.1) is 0 Å². The van der Waals surface area contributed by atoms with Gasteiger partial charge in [-0.2, -0.15) is 0 Å². The van der Waals surface area contributed by atoms with Gasteiger partial charge in [-0.25, -0.2) is 4.79 Å². The van der Waals surface area contributed by atoms with Crippen LogP contribution in [-0.4, -0.2) is 36.7 Å². The van der Waals surface area contributed by atoms with Crippen molar-refractivity contribution in [3.05, 3.63) is 20.8 Å². The van der Waals surface area contributed by atoms with Crippen LogP contribution in [0.1, 0.15) is 12.5 Å². The van der Waals surface area contributed by atoms with E-state index in [4.69, 9.17) is 4.74 Å². The highest BCUT2D eigenvalue weighted by Gasteiger charge is 2.20. The fourth-order valence-electron chi connectivity index (χ4n) is 1.73. The predicted molar refractivity (Wildman–Crippen MR) is 71.2 cm³/mol. The van der Waals surface area contributed by atoms with Gasteiger partial charge in [0.2, 0.25) is 0 Å². The first-order valence-corrected chi connectivity index (χ1v) is 7.19. The Hall–Kier alpha value is -0.590. The Bertz CT molecular complexity index is 397. The van der Waals surface area contributed by atoms with E-state index in [9.17, 15) is 4.79 Å². The highest BCUT2D eigenvalue weighted by Crippen LogP contribution is 2.20. The first kappa shape index (κ1) is 12.9. The van der Waals surface area contributed by atoms with Crippen molar-refractivity contribution >= 4 is 33.3 Å². The number of morpholine rings is 1. The second kappa shape index (κ2) is 5.84. The van der Waals surface area contributed by atoms with Crippen molar-refractivity contribution in [1.29, 1.82) is 0 Å². The van der Waals surface area contributed by atoms with Crippen LogP contribution in [0.2, 0.25) is 0 Å². The number of amides is 2. The summed E-state index contributed by atoms with van der Waals surface area (Å²) in [6.45, 7) is 4.52. The lowest BCUT2D eigenvalue weighted by molar-refractivity contribution is -0.00351. The van der Waals surface area contributed by atoms with E-state index in [1.54, 1.807) is 16.2 Å². The lowest BCUT2D eigenvalue weighted by Crippen LogP contribution is -2.48. The van der Waals surface area contributed by atoms with E-state index < -0.39 is 0 Å². The summed E-state index contributed by atoms with van der Waals surface area (Å²) in [5, 5.41) is 4.95. The number of rotatable bonds is 2. The average Bonchev–Trinajstić information content (AvgIpc) is 2.72. The van der Waals surface area contributed by atoms with Crippen LogP contribution in [0.15, 0.2) is 15.2 Å². The van der Waals surface area contributed by atoms with Gasteiger partial charge in [0.05, 0.1) is 16.5 Å². The molecule has 1 fully saturated rings. The standard InChI is InChI=1S/C11H15BrN2O2S/c1-8-6-14(2-3-16-8)11(15)13-5-9-4-10(12)17-7-9/h4,7-8H,2-3,5-6H2,1H3,(H,13,15). The average molecular weight is 319 g/mol. The molecule has 1 aromatic heterocycles. The van der Waals surface area contributed by atoms with Gasteiger partial charge in [-0.3, -0.25) is 0 Å². The van der Waals surface area contributed by atoms with Gasteiger partial charge < -0.3 is 15.0 Å². The molecular formula is C11H15BrN2O2S. The maximum atomic E-state index is 11.9. The van der Waals surface area contributed by atoms with Gasteiger partial charge in [0, 0.05) is 19.6 Å². The van der Waals surface area contributed by atoms with Gasteiger partial charge in [-0.05, 0) is 39.9 Å². The SMILES string of the molecule is CC1CN(C(=O)NCc2csc(Br)c2)CCO1. The van der Waals surface area contributed by atoms with Crippen molar-refractivity contribution < 1.29 is 9.53 Å². The zero-order valence-electron chi connectivity index (χ0n) is 9.61. The van der Waals surface area contributed by atoms with Crippen LogP contribution in [0.25, 0.3) is 0 Å². The number of thiophene rings is 1. The van der Waals surface area contributed by atoms with E-state index in [-0.39, 0.29) is 12.1 Å². The van der Waals surface area contributed by atoms with E-state index >= 15 is 0 Å². The Morgan fingerprint density at radius 2 is 2.59 bits per heavy atom. The number of ether oxygens (including phenoxy) is 1. The molecule has 0 bridgehead atoms. The van der Waals surface area contributed by atoms with Crippen molar-refractivity contribution in [2.45, 2.75) is 19.6 Å². The van der Waals surface area contributed by atoms with Crippen molar-refractivity contribution in [1.82, 2.24) is 10.2 Å². The molecule has 1 aliphatic heterocycles. The molecule has 17 heavy (non-hydrogen) atoms. The minimum atomic E-state index is -0.0116. The Morgan fingerprint density at radius 1 is 1.76 bits per heavy atom. The minimum absolute atomic E-state index is 0.0116. The monoisotopic (exact) mass is 318 g/mol. The highest BCUT2D eigenvalue weighted by molar-refractivity contribution is 9.11. The highest BCUT2D eigenvalue weighted by atomic mass is 79.9. The molecule has 1 saturated heterocycles. The Morgan fingerprint density at radius 3 is 3.24 bits per heavy atom. The van der Waals surface area contributed by atoms with Crippen molar-refractivity contribution in [3.63, 3.8) is 0 Å².